The third-order valence-corrected chi connectivity index (χ3v) is 4.66. The molecule has 0 atom stereocenters. The molecule has 3 rings (SSSR count). The lowest BCUT2D eigenvalue weighted by molar-refractivity contribution is 0.614. The molecule has 0 aliphatic carbocycles. The fourth-order valence-electron chi connectivity index (χ4n) is 2.97. The molecule has 0 saturated heterocycles. The van der Waals surface area contributed by atoms with Crippen LogP contribution in [-0.2, 0) is 13.0 Å². The van der Waals surface area contributed by atoms with Crippen LogP contribution >= 0.6 is 11.6 Å². The van der Waals surface area contributed by atoms with Crippen molar-refractivity contribution in [2.45, 2.75) is 52.0 Å². The Morgan fingerprint density at radius 2 is 1.65 bits per heavy atom. The zero-order valence-electron chi connectivity index (χ0n) is 15.2. The maximum absolute atomic E-state index is 6.00. The molecule has 0 radical (unpaired) electrons. The first-order chi connectivity index (χ1) is 12.8. The number of aromatic nitrogens is 4. The van der Waals surface area contributed by atoms with Crippen molar-refractivity contribution in [1.29, 1.82) is 0 Å². The number of hydrogen-bond donors (Lipinski definition) is 0. The first-order valence-corrected chi connectivity index (χ1v) is 9.72. The van der Waals surface area contributed by atoms with Gasteiger partial charge < -0.3 is 0 Å². The van der Waals surface area contributed by atoms with Crippen LogP contribution in [0.15, 0.2) is 48.8 Å². The molecule has 2 aromatic heterocycles. The quantitative estimate of drug-likeness (QED) is 0.465. The summed E-state index contributed by atoms with van der Waals surface area (Å²) < 4.78 is 1.99. The molecule has 5 heteroatoms. The summed E-state index contributed by atoms with van der Waals surface area (Å²) in [5.74, 6) is 1.81. The van der Waals surface area contributed by atoms with E-state index in [0.717, 1.165) is 40.6 Å². The molecule has 1 aromatic carbocycles. The fourth-order valence-corrected chi connectivity index (χ4v) is 3.10. The second-order valence-electron chi connectivity index (χ2n) is 6.54. The van der Waals surface area contributed by atoms with Crippen LogP contribution in [0.5, 0.6) is 0 Å². The van der Waals surface area contributed by atoms with Crippen LogP contribution in [0.2, 0.25) is 5.02 Å². The van der Waals surface area contributed by atoms with Crippen molar-refractivity contribution in [3.63, 3.8) is 0 Å². The molecule has 0 bridgehead atoms. The van der Waals surface area contributed by atoms with Crippen molar-refractivity contribution in [1.82, 2.24) is 19.7 Å². The number of aryl methyl sites for hydroxylation is 1. The zero-order chi connectivity index (χ0) is 18.2. The van der Waals surface area contributed by atoms with Crippen molar-refractivity contribution in [2.24, 2.45) is 0 Å². The van der Waals surface area contributed by atoms with Gasteiger partial charge in [-0.25, -0.2) is 9.67 Å². The normalized spacial score (nSPS) is 11.0. The third kappa shape index (κ3) is 5.15. The van der Waals surface area contributed by atoms with Gasteiger partial charge in [0.1, 0.15) is 0 Å². The summed E-state index contributed by atoms with van der Waals surface area (Å²) in [6.45, 7) is 2.92. The molecule has 26 heavy (non-hydrogen) atoms. The van der Waals surface area contributed by atoms with E-state index in [1.54, 1.807) is 12.4 Å². The first-order valence-electron chi connectivity index (χ1n) is 9.35. The summed E-state index contributed by atoms with van der Waals surface area (Å²) in [4.78, 5) is 8.92. The lowest BCUT2D eigenvalue weighted by Crippen LogP contribution is -2.04. The SMILES string of the molecule is CCCCCCCc1nc(-c2ccncc2)n(Cc2ccc(Cl)cc2)n1. The lowest BCUT2D eigenvalue weighted by atomic mass is 10.1. The molecule has 3 aromatic rings. The number of rotatable bonds is 9. The minimum Gasteiger partial charge on any atom is -0.265 e. The van der Waals surface area contributed by atoms with E-state index in [1.807, 2.05) is 41.1 Å². The molecular formula is C21H25ClN4. The molecule has 4 nitrogen and oxygen atoms in total. The predicted molar refractivity (Wildman–Crippen MR) is 106 cm³/mol. The molecular weight excluding hydrogens is 344 g/mol. The Morgan fingerprint density at radius 3 is 2.38 bits per heavy atom. The Kier molecular flexibility index (Phi) is 6.78. The molecule has 0 N–H and O–H groups in total. The summed E-state index contributed by atoms with van der Waals surface area (Å²) in [5.41, 5.74) is 2.20. The number of halogens is 1. The number of unbranched alkanes of at least 4 members (excludes halogenated alkanes) is 4. The van der Waals surface area contributed by atoms with Crippen LogP contribution in [0.4, 0.5) is 0 Å². The van der Waals surface area contributed by atoms with Crippen LogP contribution in [0.25, 0.3) is 11.4 Å². The van der Waals surface area contributed by atoms with E-state index in [1.165, 1.54) is 25.7 Å². The van der Waals surface area contributed by atoms with Gasteiger partial charge in [0.2, 0.25) is 0 Å². The molecule has 0 unspecified atom stereocenters. The van der Waals surface area contributed by atoms with E-state index in [0.29, 0.717) is 6.54 Å². The predicted octanol–water partition coefficient (Wildman–Crippen LogP) is 5.55. The van der Waals surface area contributed by atoms with Gasteiger partial charge in [0.15, 0.2) is 11.6 Å². The molecule has 0 fully saturated rings. The number of pyridine rings is 1. The number of benzene rings is 1. The Morgan fingerprint density at radius 1 is 0.923 bits per heavy atom. The highest BCUT2D eigenvalue weighted by Gasteiger charge is 2.12. The minimum atomic E-state index is 0.678. The van der Waals surface area contributed by atoms with Crippen LogP contribution in [0.3, 0.4) is 0 Å². The third-order valence-electron chi connectivity index (χ3n) is 4.40. The van der Waals surface area contributed by atoms with E-state index in [2.05, 4.69) is 11.9 Å². The summed E-state index contributed by atoms with van der Waals surface area (Å²) in [5, 5.41) is 5.52. The van der Waals surface area contributed by atoms with Gasteiger partial charge in [-0.15, -0.1) is 0 Å². The topological polar surface area (TPSA) is 43.6 Å². The van der Waals surface area contributed by atoms with Crippen LogP contribution in [0, 0.1) is 0 Å². The maximum atomic E-state index is 6.00. The van der Waals surface area contributed by atoms with Gasteiger partial charge >= 0.3 is 0 Å². The van der Waals surface area contributed by atoms with E-state index in [4.69, 9.17) is 21.7 Å². The monoisotopic (exact) mass is 368 g/mol. The van der Waals surface area contributed by atoms with Crippen LogP contribution in [-0.4, -0.2) is 19.7 Å². The second-order valence-corrected chi connectivity index (χ2v) is 6.97. The first kappa shape index (κ1) is 18.6. The fraction of sp³-hybridized carbons (Fsp3) is 0.381. The summed E-state index contributed by atoms with van der Waals surface area (Å²) >= 11 is 6.00. The minimum absolute atomic E-state index is 0.678. The van der Waals surface area contributed by atoms with Gasteiger partial charge in [-0.05, 0) is 36.2 Å². The summed E-state index contributed by atoms with van der Waals surface area (Å²) in [7, 11) is 0. The lowest BCUT2D eigenvalue weighted by Gasteiger charge is -2.06. The van der Waals surface area contributed by atoms with Crippen molar-refractivity contribution < 1.29 is 0 Å². The van der Waals surface area contributed by atoms with Crippen molar-refractivity contribution in [3.8, 4) is 11.4 Å². The van der Waals surface area contributed by atoms with Crippen molar-refractivity contribution in [2.75, 3.05) is 0 Å². The average Bonchev–Trinajstić information content (AvgIpc) is 3.07. The van der Waals surface area contributed by atoms with Crippen molar-refractivity contribution >= 4 is 11.6 Å². The van der Waals surface area contributed by atoms with E-state index in [9.17, 15) is 0 Å². The van der Waals surface area contributed by atoms with E-state index in [-0.39, 0.29) is 0 Å². The molecule has 0 amide bonds. The van der Waals surface area contributed by atoms with Gasteiger partial charge in [-0.2, -0.15) is 5.10 Å². The van der Waals surface area contributed by atoms with Crippen LogP contribution < -0.4 is 0 Å². The Bertz CT molecular complexity index is 797. The van der Waals surface area contributed by atoms with Crippen molar-refractivity contribution in [3.05, 3.63) is 65.2 Å². The van der Waals surface area contributed by atoms with E-state index < -0.39 is 0 Å². The molecule has 2 heterocycles. The largest absolute Gasteiger partial charge is 0.265 e. The smallest absolute Gasteiger partial charge is 0.158 e. The summed E-state index contributed by atoms with van der Waals surface area (Å²) in [6, 6.07) is 11.8. The Hall–Kier alpha value is -2.20. The van der Waals surface area contributed by atoms with Gasteiger partial charge in [0.25, 0.3) is 0 Å². The maximum Gasteiger partial charge on any atom is 0.158 e. The molecule has 0 aliphatic heterocycles. The standard InChI is InChI=1S/C21H25ClN4/c1-2-3-4-5-6-7-20-24-21(18-12-14-23-15-13-18)26(25-20)16-17-8-10-19(22)11-9-17/h8-15H,2-7,16H2,1H3. The molecule has 0 spiro atoms. The molecule has 0 aliphatic rings. The molecule has 136 valence electrons. The van der Waals surface area contributed by atoms with Gasteiger partial charge in [0, 0.05) is 29.4 Å². The van der Waals surface area contributed by atoms with Gasteiger partial charge in [-0.3, -0.25) is 4.98 Å². The highest BCUT2D eigenvalue weighted by molar-refractivity contribution is 6.30. The van der Waals surface area contributed by atoms with Crippen LogP contribution in [0.1, 0.15) is 50.4 Å². The van der Waals surface area contributed by atoms with Gasteiger partial charge in [-0.1, -0.05) is 56.3 Å². The summed E-state index contributed by atoms with van der Waals surface area (Å²) in [6.07, 6.45) is 10.8. The second kappa shape index (κ2) is 9.48. The van der Waals surface area contributed by atoms with E-state index >= 15 is 0 Å². The highest BCUT2D eigenvalue weighted by atomic mass is 35.5. The number of hydrogen-bond acceptors (Lipinski definition) is 3. The zero-order valence-corrected chi connectivity index (χ0v) is 16.0. The average molecular weight is 369 g/mol. The Labute approximate surface area is 160 Å². The highest BCUT2D eigenvalue weighted by Crippen LogP contribution is 2.19. The number of nitrogens with zero attached hydrogens (tertiary/aromatic N) is 4. The van der Waals surface area contributed by atoms with Gasteiger partial charge in [0.05, 0.1) is 6.54 Å². The molecule has 0 saturated carbocycles. The Balaban J connectivity index is 1.77.